The number of aromatic nitrogens is 3. The van der Waals surface area contributed by atoms with Gasteiger partial charge in [-0.25, -0.2) is 28.2 Å². The summed E-state index contributed by atoms with van der Waals surface area (Å²) >= 11 is 0. The highest BCUT2D eigenvalue weighted by atomic mass is 32.2. The Morgan fingerprint density at radius 2 is 1.94 bits per heavy atom. The summed E-state index contributed by atoms with van der Waals surface area (Å²) in [6.45, 7) is 6.70. The van der Waals surface area contributed by atoms with Crippen molar-refractivity contribution in [2.45, 2.75) is 51.2 Å². The van der Waals surface area contributed by atoms with E-state index in [9.17, 15) is 13.2 Å². The SMILES string of the molecule is COc1c(CC2CCN(C(=O)OC(C)C)CC2)ncnc1Nc1ccc(S(C)(=O)=O)nc1C. The van der Waals surface area contributed by atoms with Crippen molar-refractivity contribution in [1.29, 1.82) is 0 Å². The molecule has 180 valence electrons. The van der Waals surface area contributed by atoms with E-state index in [-0.39, 0.29) is 17.2 Å². The molecule has 3 rings (SSSR count). The Labute approximate surface area is 194 Å². The summed E-state index contributed by atoms with van der Waals surface area (Å²) in [4.78, 5) is 26.8. The molecule has 0 atom stereocenters. The number of sulfone groups is 1. The zero-order valence-corrected chi connectivity index (χ0v) is 20.5. The first kappa shape index (κ1) is 24.7. The molecule has 1 fully saturated rings. The van der Waals surface area contributed by atoms with Gasteiger partial charge < -0.3 is 19.7 Å². The van der Waals surface area contributed by atoms with E-state index < -0.39 is 9.84 Å². The van der Waals surface area contributed by atoms with Crippen LogP contribution in [0.1, 0.15) is 38.1 Å². The van der Waals surface area contributed by atoms with Crippen molar-refractivity contribution in [3.05, 3.63) is 29.8 Å². The average Bonchev–Trinajstić information content (AvgIpc) is 2.74. The van der Waals surface area contributed by atoms with Crippen molar-refractivity contribution < 1.29 is 22.7 Å². The van der Waals surface area contributed by atoms with Gasteiger partial charge >= 0.3 is 6.09 Å². The quantitative estimate of drug-likeness (QED) is 0.640. The van der Waals surface area contributed by atoms with E-state index in [2.05, 4.69) is 20.3 Å². The Morgan fingerprint density at radius 3 is 2.52 bits per heavy atom. The van der Waals surface area contributed by atoms with E-state index in [0.29, 0.717) is 48.4 Å². The van der Waals surface area contributed by atoms with Crippen LogP contribution in [0, 0.1) is 12.8 Å². The van der Waals surface area contributed by atoms with Gasteiger partial charge in [0.05, 0.1) is 30.3 Å². The number of piperidine rings is 1. The van der Waals surface area contributed by atoms with Crippen LogP contribution in [0.3, 0.4) is 0 Å². The molecule has 1 saturated heterocycles. The summed E-state index contributed by atoms with van der Waals surface area (Å²) in [6, 6.07) is 3.11. The smallest absolute Gasteiger partial charge is 0.410 e. The normalized spacial score (nSPS) is 14.9. The molecule has 10 nitrogen and oxygen atoms in total. The number of rotatable bonds is 7. The maximum atomic E-state index is 12.1. The molecule has 1 aliphatic rings. The zero-order valence-electron chi connectivity index (χ0n) is 19.7. The monoisotopic (exact) mass is 477 g/mol. The van der Waals surface area contributed by atoms with Crippen LogP contribution in [0.5, 0.6) is 5.75 Å². The Hall–Kier alpha value is -2.95. The van der Waals surface area contributed by atoms with Gasteiger partial charge in [0, 0.05) is 19.3 Å². The van der Waals surface area contributed by atoms with E-state index in [4.69, 9.17) is 9.47 Å². The number of nitrogens with one attached hydrogen (secondary N) is 1. The van der Waals surface area contributed by atoms with Crippen molar-refractivity contribution in [3.8, 4) is 5.75 Å². The number of nitrogens with zero attached hydrogens (tertiary/aromatic N) is 4. The van der Waals surface area contributed by atoms with E-state index >= 15 is 0 Å². The van der Waals surface area contributed by atoms with Gasteiger partial charge in [-0.15, -0.1) is 0 Å². The van der Waals surface area contributed by atoms with Crippen molar-refractivity contribution >= 4 is 27.4 Å². The zero-order chi connectivity index (χ0) is 24.2. The molecule has 0 aromatic carbocycles. The first-order valence-corrected chi connectivity index (χ1v) is 12.8. The summed E-state index contributed by atoms with van der Waals surface area (Å²) in [6.07, 6.45) is 4.59. The van der Waals surface area contributed by atoms with E-state index in [1.807, 2.05) is 13.8 Å². The highest BCUT2D eigenvalue weighted by molar-refractivity contribution is 7.90. The number of likely N-dealkylation sites (tertiary alicyclic amines) is 1. The molecule has 0 spiro atoms. The lowest BCUT2D eigenvalue weighted by Crippen LogP contribution is -2.40. The fourth-order valence-corrected chi connectivity index (χ4v) is 4.35. The molecule has 0 radical (unpaired) electrons. The standard InChI is InChI=1S/C22H31N5O5S/c1-14(2)32-22(28)27-10-8-16(9-11-27)12-18-20(31-4)21(24-13-23-18)26-17-6-7-19(25-15(17)3)33(5,29)30/h6-7,13-14,16H,8-12H2,1-5H3,(H,23,24,26). The number of aryl methyl sites for hydroxylation is 1. The first-order chi connectivity index (χ1) is 15.6. The summed E-state index contributed by atoms with van der Waals surface area (Å²) in [7, 11) is -1.82. The van der Waals surface area contributed by atoms with Crippen molar-refractivity contribution in [2.24, 2.45) is 5.92 Å². The highest BCUT2D eigenvalue weighted by Crippen LogP contribution is 2.32. The van der Waals surface area contributed by atoms with Crippen LogP contribution < -0.4 is 10.1 Å². The summed E-state index contributed by atoms with van der Waals surface area (Å²) in [5.41, 5.74) is 1.93. The van der Waals surface area contributed by atoms with Crippen LogP contribution in [-0.2, 0) is 21.0 Å². The topological polar surface area (TPSA) is 124 Å². The van der Waals surface area contributed by atoms with Gasteiger partial charge in [-0.2, -0.15) is 0 Å². The second kappa shape index (κ2) is 10.3. The van der Waals surface area contributed by atoms with Gasteiger partial charge in [-0.1, -0.05) is 0 Å². The van der Waals surface area contributed by atoms with Gasteiger partial charge in [0.2, 0.25) is 0 Å². The molecular formula is C22H31N5O5S. The number of anilines is 2. The van der Waals surface area contributed by atoms with E-state index in [0.717, 1.165) is 24.8 Å². The lowest BCUT2D eigenvalue weighted by Gasteiger charge is -2.31. The average molecular weight is 478 g/mol. The third kappa shape index (κ3) is 6.31. The number of hydrogen-bond acceptors (Lipinski definition) is 9. The predicted octanol–water partition coefficient (Wildman–Crippen LogP) is 3.14. The van der Waals surface area contributed by atoms with E-state index in [1.165, 1.54) is 12.4 Å². The molecule has 3 heterocycles. The van der Waals surface area contributed by atoms with Gasteiger partial charge in [0.15, 0.2) is 26.4 Å². The molecule has 2 aromatic rings. The Kier molecular flexibility index (Phi) is 7.72. The number of hydrogen-bond donors (Lipinski definition) is 1. The maximum absolute atomic E-state index is 12.1. The molecule has 0 unspecified atom stereocenters. The number of methoxy groups -OCH3 is 1. The van der Waals surface area contributed by atoms with Gasteiger partial charge in [0.1, 0.15) is 6.33 Å². The molecule has 2 aromatic heterocycles. The lowest BCUT2D eigenvalue weighted by molar-refractivity contribution is 0.0653. The number of carbonyl (C=O) groups is 1. The van der Waals surface area contributed by atoms with Crippen LogP contribution in [0.15, 0.2) is 23.5 Å². The summed E-state index contributed by atoms with van der Waals surface area (Å²) in [5.74, 6) is 1.37. The number of pyridine rings is 1. The van der Waals surface area contributed by atoms with Crippen molar-refractivity contribution in [1.82, 2.24) is 19.9 Å². The molecule has 0 aliphatic carbocycles. The third-order valence-electron chi connectivity index (χ3n) is 5.47. The number of carbonyl (C=O) groups excluding carboxylic acids is 1. The van der Waals surface area contributed by atoms with Crippen LogP contribution in [-0.4, -0.2) is 66.9 Å². The van der Waals surface area contributed by atoms with Crippen molar-refractivity contribution in [3.63, 3.8) is 0 Å². The van der Waals surface area contributed by atoms with Gasteiger partial charge in [0.25, 0.3) is 0 Å². The van der Waals surface area contributed by atoms with Gasteiger partial charge in [-0.3, -0.25) is 0 Å². The Balaban J connectivity index is 1.71. The molecule has 11 heteroatoms. The third-order valence-corrected chi connectivity index (χ3v) is 6.45. The second-order valence-corrected chi connectivity index (χ2v) is 10.4. The predicted molar refractivity (Wildman–Crippen MR) is 124 cm³/mol. The van der Waals surface area contributed by atoms with E-state index in [1.54, 1.807) is 25.0 Å². The number of ether oxygens (including phenoxy) is 2. The van der Waals surface area contributed by atoms with Gasteiger partial charge in [-0.05, 0) is 58.1 Å². The molecule has 1 N–H and O–H groups in total. The van der Waals surface area contributed by atoms with Crippen LogP contribution in [0.25, 0.3) is 0 Å². The van der Waals surface area contributed by atoms with Crippen LogP contribution in [0.4, 0.5) is 16.3 Å². The molecule has 0 bridgehead atoms. The van der Waals surface area contributed by atoms with Crippen LogP contribution in [0.2, 0.25) is 0 Å². The number of amides is 1. The molecule has 1 amide bonds. The fourth-order valence-electron chi connectivity index (χ4n) is 3.73. The summed E-state index contributed by atoms with van der Waals surface area (Å²) in [5, 5.41) is 3.20. The lowest BCUT2D eigenvalue weighted by atomic mass is 9.92. The first-order valence-electron chi connectivity index (χ1n) is 10.9. The Morgan fingerprint density at radius 1 is 1.24 bits per heavy atom. The van der Waals surface area contributed by atoms with Crippen LogP contribution >= 0.6 is 0 Å². The largest absolute Gasteiger partial charge is 0.491 e. The minimum atomic E-state index is -3.39. The van der Waals surface area contributed by atoms with Crippen molar-refractivity contribution in [2.75, 3.05) is 31.8 Å². The molecule has 1 aliphatic heterocycles. The minimum absolute atomic E-state index is 0.0181. The summed E-state index contributed by atoms with van der Waals surface area (Å²) < 4.78 is 34.4. The second-order valence-electron chi connectivity index (χ2n) is 8.45. The Bertz CT molecular complexity index is 1100. The molecule has 0 saturated carbocycles. The minimum Gasteiger partial charge on any atom is -0.491 e. The molecular weight excluding hydrogens is 446 g/mol. The maximum Gasteiger partial charge on any atom is 0.410 e. The highest BCUT2D eigenvalue weighted by Gasteiger charge is 2.26. The molecule has 33 heavy (non-hydrogen) atoms. The fraction of sp³-hybridized carbons (Fsp3) is 0.545.